The maximum absolute atomic E-state index is 6.50. The molecule has 20 heavy (non-hydrogen) atoms. The number of aryl methyl sites for hydroxylation is 2. The van der Waals surface area contributed by atoms with E-state index in [1.54, 1.807) is 0 Å². The normalized spacial score (nSPS) is 18.1. The average Bonchev–Trinajstić information content (AvgIpc) is 2.57. The largest absolute Gasteiger partial charge is 0.312 e. The highest BCUT2D eigenvalue weighted by Crippen LogP contribution is 2.44. The summed E-state index contributed by atoms with van der Waals surface area (Å²) in [5, 5.41) is 9.10. The Bertz CT molecular complexity index is 467. The van der Waals surface area contributed by atoms with E-state index in [0.717, 1.165) is 30.1 Å². The number of nitrogens with zero attached hydrogens (tertiary/aromatic N) is 2. The van der Waals surface area contributed by atoms with Gasteiger partial charge in [-0.25, -0.2) is 0 Å². The fourth-order valence-electron chi connectivity index (χ4n) is 2.91. The summed E-state index contributed by atoms with van der Waals surface area (Å²) in [6.45, 7) is 9.86. The molecular formula is C16H28ClN3. The first-order chi connectivity index (χ1) is 9.26. The van der Waals surface area contributed by atoms with Crippen LogP contribution in [0.15, 0.2) is 0 Å². The van der Waals surface area contributed by atoms with E-state index in [1.807, 2.05) is 11.7 Å². The highest BCUT2D eigenvalue weighted by atomic mass is 35.5. The molecule has 0 aliphatic heterocycles. The van der Waals surface area contributed by atoms with E-state index in [9.17, 15) is 0 Å². The molecule has 4 heteroatoms. The number of halogens is 1. The fourth-order valence-corrected chi connectivity index (χ4v) is 3.27. The monoisotopic (exact) mass is 297 g/mol. The van der Waals surface area contributed by atoms with E-state index in [0.29, 0.717) is 5.41 Å². The molecule has 1 heterocycles. The van der Waals surface area contributed by atoms with E-state index in [-0.39, 0.29) is 5.54 Å². The summed E-state index contributed by atoms with van der Waals surface area (Å²) in [6.07, 6.45) is 5.86. The van der Waals surface area contributed by atoms with Gasteiger partial charge in [0.05, 0.1) is 16.4 Å². The van der Waals surface area contributed by atoms with Gasteiger partial charge in [0.15, 0.2) is 0 Å². The fraction of sp³-hybridized carbons (Fsp3) is 0.812. The van der Waals surface area contributed by atoms with Gasteiger partial charge in [0.1, 0.15) is 0 Å². The molecule has 0 amide bonds. The molecular weight excluding hydrogens is 270 g/mol. The van der Waals surface area contributed by atoms with Gasteiger partial charge in [0, 0.05) is 19.1 Å². The molecule has 0 aromatic carbocycles. The number of hydrogen-bond acceptors (Lipinski definition) is 2. The molecule has 0 atom stereocenters. The van der Waals surface area contributed by atoms with Crippen molar-refractivity contribution < 1.29 is 0 Å². The van der Waals surface area contributed by atoms with Crippen LogP contribution in [0, 0.1) is 5.41 Å². The molecule has 114 valence electrons. The Balaban J connectivity index is 2.12. The summed E-state index contributed by atoms with van der Waals surface area (Å²) >= 11 is 6.50. The third-order valence-electron chi connectivity index (χ3n) is 4.45. The zero-order chi connectivity index (χ0) is 15.0. The Morgan fingerprint density at radius 3 is 2.40 bits per heavy atom. The molecule has 1 saturated carbocycles. The molecule has 0 unspecified atom stereocenters. The van der Waals surface area contributed by atoms with E-state index in [1.165, 1.54) is 25.0 Å². The first-order valence-electron chi connectivity index (χ1n) is 7.72. The minimum atomic E-state index is 0.174. The lowest BCUT2D eigenvalue weighted by Crippen LogP contribution is -2.48. The van der Waals surface area contributed by atoms with Gasteiger partial charge in [-0.2, -0.15) is 5.10 Å². The molecule has 3 nitrogen and oxygen atoms in total. The Hall–Kier alpha value is -0.540. The highest BCUT2D eigenvalue weighted by molar-refractivity contribution is 6.31. The summed E-state index contributed by atoms with van der Waals surface area (Å²) in [5.74, 6) is 0. The van der Waals surface area contributed by atoms with Crippen molar-refractivity contribution in [1.29, 1.82) is 0 Å². The summed E-state index contributed by atoms with van der Waals surface area (Å²) in [6, 6.07) is 0. The summed E-state index contributed by atoms with van der Waals surface area (Å²) in [7, 11) is 2.02. The predicted molar refractivity (Wildman–Crippen MR) is 85.3 cm³/mol. The third kappa shape index (κ3) is 3.37. The van der Waals surface area contributed by atoms with Crippen molar-refractivity contribution in [3.63, 3.8) is 0 Å². The van der Waals surface area contributed by atoms with Gasteiger partial charge in [0.25, 0.3) is 0 Å². The molecule has 0 bridgehead atoms. The SMILES string of the molecule is CCc1nn(C)c(CC2(CNC(C)(C)C)CCC2)c1Cl. The highest BCUT2D eigenvalue weighted by Gasteiger charge is 2.39. The van der Waals surface area contributed by atoms with Crippen molar-refractivity contribution in [2.45, 2.75) is 65.3 Å². The van der Waals surface area contributed by atoms with Crippen LogP contribution in [0.3, 0.4) is 0 Å². The number of hydrogen-bond donors (Lipinski definition) is 1. The quantitative estimate of drug-likeness (QED) is 0.897. The lowest BCUT2D eigenvalue weighted by Gasteiger charge is -2.44. The summed E-state index contributed by atoms with van der Waals surface area (Å²) in [5.41, 5.74) is 2.78. The number of aromatic nitrogens is 2. The molecule has 1 aliphatic carbocycles. The average molecular weight is 298 g/mol. The summed E-state index contributed by atoms with van der Waals surface area (Å²) < 4.78 is 1.98. The minimum absolute atomic E-state index is 0.174. The molecule has 2 rings (SSSR count). The van der Waals surface area contributed by atoms with Crippen molar-refractivity contribution in [2.24, 2.45) is 12.5 Å². The van der Waals surface area contributed by atoms with Crippen LogP contribution in [0.4, 0.5) is 0 Å². The maximum Gasteiger partial charge on any atom is 0.0849 e. The maximum atomic E-state index is 6.50. The van der Waals surface area contributed by atoms with Crippen LogP contribution < -0.4 is 5.32 Å². The van der Waals surface area contributed by atoms with Gasteiger partial charge in [-0.1, -0.05) is 24.9 Å². The van der Waals surface area contributed by atoms with Crippen LogP contribution in [0.2, 0.25) is 5.02 Å². The first-order valence-corrected chi connectivity index (χ1v) is 8.09. The second-order valence-corrected chi connectivity index (χ2v) is 7.70. The smallest absolute Gasteiger partial charge is 0.0849 e. The van der Waals surface area contributed by atoms with Gasteiger partial charge >= 0.3 is 0 Å². The van der Waals surface area contributed by atoms with Crippen LogP contribution in [-0.4, -0.2) is 21.9 Å². The standard InChI is InChI=1S/C16H28ClN3/c1-6-12-14(17)13(20(5)19-12)10-16(8-7-9-16)11-18-15(2,3)4/h18H,6-11H2,1-5H3. The van der Waals surface area contributed by atoms with Crippen LogP contribution in [0.1, 0.15) is 58.3 Å². The zero-order valence-electron chi connectivity index (χ0n) is 13.5. The van der Waals surface area contributed by atoms with E-state index in [4.69, 9.17) is 11.6 Å². The van der Waals surface area contributed by atoms with E-state index in [2.05, 4.69) is 38.1 Å². The van der Waals surface area contributed by atoms with Gasteiger partial charge < -0.3 is 5.32 Å². The molecule has 1 aliphatic rings. The van der Waals surface area contributed by atoms with Gasteiger partial charge in [0.2, 0.25) is 0 Å². The second kappa shape index (κ2) is 5.69. The Labute approximate surface area is 128 Å². The number of rotatable bonds is 5. The van der Waals surface area contributed by atoms with Crippen molar-refractivity contribution in [3.05, 3.63) is 16.4 Å². The van der Waals surface area contributed by atoms with Crippen molar-refractivity contribution >= 4 is 11.6 Å². The predicted octanol–water partition coefficient (Wildman–Crippen LogP) is 3.74. The third-order valence-corrected chi connectivity index (χ3v) is 4.89. The van der Waals surface area contributed by atoms with Crippen LogP contribution in [-0.2, 0) is 19.9 Å². The van der Waals surface area contributed by atoms with Crippen LogP contribution in [0.25, 0.3) is 0 Å². The first kappa shape index (κ1) is 15.8. The molecule has 1 fully saturated rings. The lowest BCUT2D eigenvalue weighted by atomic mass is 9.65. The zero-order valence-corrected chi connectivity index (χ0v) is 14.3. The van der Waals surface area contributed by atoms with Gasteiger partial charge in [-0.05, 0) is 51.9 Å². The minimum Gasteiger partial charge on any atom is -0.312 e. The second-order valence-electron chi connectivity index (χ2n) is 7.32. The van der Waals surface area contributed by atoms with Crippen LogP contribution >= 0.6 is 11.6 Å². The van der Waals surface area contributed by atoms with Crippen molar-refractivity contribution in [3.8, 4) is 0 Å². The van der Waals surface area contributed by atoms with Gasteiger partial charge in [-0.15, -0.1) is 0 Å². The summed E-state index contributed by atoms with van der Waals surface area (Å²) in [4.78, 5) is 0. The Kier molecular flexibility index (Phi) is 4.50. The lowest BCUT2D eigenvalue weighted by molar-refractivity contribution is 0.115. The molecule has 0 radical (unpaired) electrons. The molecule has 0 saturated heterocycles. The van der Waals surface area contributed by atoms with Crippen molar-refractivity contribution in [1.82, 2.24) is 15.1 Å². The van der Waals surface area contributed by atoms with E-state index >= 15 is 0 Å². The Morgan fingerprint density at radius 1 is 1.35 bits per heavy atom. The van der Waals surface area contributed by atoms with Crippen molar-refractivity contribution in [2.75, 3.05) is 6.54 Å². The molecule has 1 aromatic heterocycles. The Morgan fingerprint density at radius 2 is 2.00 bits per heavy atom. The van der Waals surface area contributed by atoms with E-state index < -0.39 is 0 Å². The van der Waals surface area contributed by atoms with Gasteiger partial charge in [-0.3, -0.25) is 4.68 Å². The van der Waals surface area contributed by atoms with Crippen LogP contribution in [0.5, 0.6) is 0 Å². The number of nitrogens with one attached hydrogen (secondary N) is 1. The molecule has 0 spiro atoms. The molecule has 1 N–H and O–H groups in total. The molecule has 1 aromatic rings. The topological polar surface area (TPSA) is 29.9 Å².